The first kappa shape index (κ1) is 10.7. The van der Waals surface area contributed by atoms with Crippen LogP contribution in [0.5, 0.6) is 0 Å². The lowest BCUT2D eigenvalue weighted by atomic mass is 9.78. The molecule has 0 aliphatic heterocycles. The van der Waals surface area contributed by atoms with E-state index < -0.39 is 0 Å². The lowest BCUT2D eigenvalue weighted by molar-refractivity contribution is 0.219. The maximum Gasteiger partial charge on any atom is 0.103 e. The van der Waals surface area contributed by atoms with Gasteiger partial charge in [-0.05, 0) is 43.9 Å². The molecule has 1 fully saturated rings. The summed E-state index contributed by atoms with van der Waals surface area (Å²) in [7, 11) is 0. The Balaban J connectivity index is 1.78. The number of hydrogen-bond donors (Lipinski definition) is 1. The van der Waals surface area contributed by atoms with Crippen molar-refractivity contribution in [1.29, 1.82) is 0 Å². The van der Waals surface area contributed by atoms with Crippen molar-refractivity contribution in [2.75, 3.05) is 6.54 Å². The fraction of sp³-hybridized carbons (Fsp3) is 0.692. The first-order valence-corrected chi connectivity index (χ1v) is 6.16. The Hall–Kier alpha value is -0.760. The van der Waals surface area contributed by atoms with E-state index in [0.717, 1.165) is 24.6 Å². The number of aryl methyl sites for hydroxylation is 1. The molecule has 84 valence electrons. The van der Waals surface area contributed by atoms with Gasteiger partial charge in [-0.2, -0.15) is 0 Å². The summed E-state index contributed by atoms with van der Waals surface area (Å²) in [5.41, 5.74) is 0. The van der Waals surface area contributed by atoms with Crippen LogP contribution in [0, 0.1) is 5.92 Å². The van der Waals surface area contributed by atoms with Gasteiger partial charge in [0.2, 0.25) is 0 Å². The van der Waals surface area contributed by atoms with Gasteiger partial charge in [-0.15, -0.1) is 0 Å². The molecular weight excluding hydrogens is 186 g/mol. The van der Waals surface area contributed by atoms with E-state index in [-0.39, 0.29) is 0 Å². The lowest BCUT2D eigenvalue weighted by Crippen LogP contribution is -2.39. The summed E-state index contributed by atoms with van der Waals surface area (Å²) in [5.74, 6) is 2.04. The van der Waals surface area contributed by atoms with Crippen molar-refractivity contribution in [3.05, 3.63) is 24.2 Å². The molecule has 2 rings (SSSR count). The molecular formula is C13H21NO. The van der Waals surface area contributed by atoms with Crippen LogP contribution in [0.1, 0.15) is 38.4 Å². The van der Waals surface area contributed by atoms with Crippen LogP contribution in [-0.2, 0) is 6.42 Å². The van der Waals surface area contributed by atoms with E-state index in [0.29, 0.717) is 6.04 Å². The van der Waals surface area contributed by atoms with Crippen molar-refractivity contribution in [3.8, 4) is 0 Å². The second-order valence-electron chi connectivity index (χ2n) is 4.47. The second-order valence-corrected chi connectivity index (χ2v) is 4.47. The standard InChI is InChI=1S/C13H21NO/c1-2-14-13(11-5-3-6-11)9-8-12-7-4-10-15-12/h4,7,10-11,13-14H,2-3,5-6,8-9H2,1H3. The molecule has 1 N–H and O–H groups in total. The minimum absolute atomic E-state index is 0.703. The van der Waals surface area contributed by atoms with Crippen molar-refractivity contribution in [2.24, 2.45) is 5.92 Å². The van der Waals surface area contributed by atoms with Gasteiger partial charge >= 0.3 is 0 Å². The van der Waals surface area contributed by atoms with E-state index >= 15 is 0 Å². The lowest BCUT2D eigenvalue weighted by Gasteiger charge is -2.34. The van der Waals surface area contributed by atoms with Crippen molar-refractivity contribution in [3.63, 3.8) is 0 Å². The molecule has 1 aromatic rings. The highest BCUT2D eigenvalue weighted by Gasteiger charge is 2.26. The first-order valence-electron chi connectivity index (χ1n) is 6.16. The Morgan fingerprint density at radius 1 is 1.53 bits per heavy atom. The van der Waals surface area contributed by atoms with E-state index in [9.17, 15) is 0 Å². The van der Waals surface area contributed by atoms with Crippen LogP contribution >= 0.6 is 0 Å². The van der Waals surface area contributed by atoms with Crippen molar-refractivity contribution in [2.45, 2.75) is 45.1 Å². The largest absolute Gasteiger partial charge is 0.469 e. The van der Waals surface area contributed by atoms with Gasteiger partial charge in [0.1, 0.15) is 5.76 Å². The summed E-state index contributed by atoms with van der Waals surface area (Å²) in [4.78, 5) is 0. The Labute approximate surface area is 92.1 Å². The predicted molar refractivity (Wildman–Crippen MR) is 61.8 cm³/mol. The van der Waals surface area contributed by atoms with Gasteiger partial charge in [0.15, 0.2) is 0 Å². The van der Waals surface area contributed by atoms with E-state index in [2.05, 4.69) is 18.3 Å². The molecule has 0 saturated heterocycles. The van der Waals surface area contributed by atoms with Crippen LogP contribution in [0.15, 0.2) is 22.8 Å². The van der Waals surface area contributed by atoms with Gasteiger partial charge in [-0.1, -0.05) is 13.3 Å². The average molecular weight is 207 g/mol. The van der Waals surface area contributed by atoms with Gasteiger partial charge < -0.3 is 9.73 Å². The minimum Gasteiger partial charge on any atom is -0.469 e. The summed E-state index contributed by atoms with van der Waals surface area (Å²) in [5, 5.41) is 3.61. The zero-order chi connectivity index (χ0) is 10.5. The molecule has 0 radical (unpaired) electrons. The van der Waals surface area contributed by atoms with Crippen LogP contribution in [0.3, 0.4) is 0 Å². The van der Waals surface area contributed by atoms with Gasteiger partial charge in [-0.25, -0.2) is 0 Å². The molecule has 1 aliphatic carbocycles. The highest BCUT2D eigenvalue weighted by atomic mass is 16.3. The topological polar surface area (TPSA) is 25.2 Å². The molecule has 1 atom stereocenters. The second kappa shape index (κ2) is 5.36. The van der Waals surface area contributed by atoms with Gasteiger partial charge in [0, 0.05) is 12.5 Å². The van der Waals surface area contributed by atoms with Crippen molar-refractivity contribution < 1.29 is 4.42 Å². The van der Waals surface area contributed by atoms with E-state index in [1.165, 1.54) is 25.7 Å². The zero-order valence-electron chi connectivity index (χ0n) is 9.54. The highest BCUT2D eigenvalue weighted by Crippen LogP contribution is 2.31. The normalized spacial score (nSPS) is 18.7. The molecule has 0 amide bonds. The summed E-state index contributed by atoms with van der Waals surface area (Å²) >= 11 is 0. The van der Waals surface area contributed by atoms with Crippen LogP contribution < -0.4 is 5.32 Å². The summed E-state index contributed by atoms with van der Waals surface area (Å²) < 4.78 is 5.37. The fourth-order valence-corrected chi connectivity index (χ4v) is 2.36. The number of rotatable bonds is 6. The van der Waals surface area contributed by atoms with E-state index in [4.69, 9.17) is 4.42 Å². The monoisotopic (exact) mass is 207 g/mol. The smallest absolute Gasteiger partial charge is 0.103 e. The number of nitrogens with one attached hydrogen (secondary N) is 1. The Bertz CT molecular complexity index is 264. The molecule has 2 heteroatoms. The molecule has 0 spiro atoms. The number of furan rings is 1. The number of hydrogen-bond acceptors (Lipinski definition) is 2. The molecule has 1 aromatic heterocycles. The van der Waals surface area contributed by atoms with Crippen LogP contribution in [0.4, 0.5) is 0 Å². The summed E-state index contributed by atoms with van der Waals surface area (Å²) in [6.07, 6.45) is 8.30. The predicted octanol–water partition coefficient (Wildman–Crippen LogP) is 2.99. The third-order valence-corrected chi connectivity index (χ3v) is 3.47. The van der Waals surface area contributed by atoms with Crippen molar-refractivity contribution in [1.82, 2.24) is 5.32 Å². The average Bonchev–Trinajstić information content (AvgIpc) is 2.64. The molecule has 0 aromatic carbocycles. The molecule has 1 unspecified atom stereocenters. The first-order chi connectivity index (χ1) is 7.40. The Morgan fingerprint density at radius 2 is 2.40 bits per heavy atom. The van der Waals surface area contributed by atoms with Crippen molar-refractivity contribution >= 4 is 0 Å². The molecule has 1 aliphatic rings. The molecule has 15 heavy (non-hydrogen) atoms. The van der Waals surface area contributed by atoms with Gasteiger partial charge in [0.25, 0.3) is 0 Å². The maximum absolute atomic E-state index is 5.37. The Kier molecular flexibility index (Phi) is 3.84. The van der Waals surface area contributed by atoms with Gasteiger partial charge in [-0.3, -0.25) is 0 Å². The molecule has 1 heterocycles. The fourth-order valence-electron chi connectivity index (χ4n) is 2.36. The summed E-state index contributed by atoms with van der Waals surface area (Å²) in [6.45, 7) is 3.28. The quantitative estimate of drug-likeness (QED) is 0.775. The SMILES string of the molecule is CCNC(CCc1ccco1)C1CCC1. The maximum atomic E-state index is 5.37. The van der Waals surface area contributed by atoms with E-state index in [1.54, 1.807) is 6.26 Å². The highest BCUT2D eigenvalue weighted by molar-refractivity contribution is 4.99. The molecule has 0 bridgehead atoms. The summed E-state index contributed by atoms with van der Waals surface area (Å²) in [6, 6.07) is 4.75. The molecule has 1 saturated carbocycles. The third-order valence-electron chi connectivity index (χ3n) is 3.47. The molecule has 2 nitrogen and oxygen atoms in total. The zero-order valence-corrected chi connectivity index (χ0v) is 9.54. The van der Waals surface area contributed by atoms with Crippen LogP contribution in [0.25, 0.3) is 0 Å². The minimum atomic E-state index is 0.703. The van der Waals surface area contributed by atoms with Crippen LogP contribution in [0.2, 0.25) is 0 Å². The van der Waals surface area contributed by atoms with E-state index in [1.807, 2.05) is 6.07 Å². The Morgan fingerprint density at radius 3 is 2.93 bits per heavy atom. The van der Waals surface area contributed by atoms with Crippen LogP contribution in [-0.4, -0.2) is 12.6 Å². The van der Waals surface area contributed by atoms with Gasteiger partial charge in [0.05, 0.1) is 6.26 Å². The third kappa shape index (κ3) is 2.85.